The molecule has 0 unspecified atom stereocenters. The molecule has 0 aliphatic rings. The van der Waals surface area contributed by atoms with Gasteiger partial charge in [-0.1, -0.05) is 73.4 Å². The standard InChI is InChI=1S/C29H33Cl2N3O4S/c1-20(2)17-32-29(36)22(4)33(18-23-10-6-7-11-26(23)31)28(35)19-34(27-12-8-5-9-21(27)3)39(37,38)25-15-13-24(30)14-16-25/h5-16,20,22H,17-19H2,1-4H3,(H,32,36)/t22-/m1/s1. The molecule has 0 saturated carbocycles. The highest BCUT2D eigenvalue weighted by atomic mass is 35.5. The molecule has 3 aromatic carbocycles. The fraction of sp³-hybridized carbons (Fsp3) is 0.310. The predicted molar refractivity (Wildman–Crippen MR) is 156 cm³/mol. The Hall–Kier alpha value is -3.07. The molecule has 39 heavy (non-hydrogen) atoms. The summed E-state index contributed by atoms with van der Waals surface area (Å²) < 4.78 is 28.8. The van der Waals surface area contributed by atoms with Crippen LogP contribution in [0.5, 0.6) is 0 Å². The van der Waals surface area contributed by atoms with Gasteiger partial charge in [-0.05, 0) is 67.3 Å². The van der Waals surface area contributed by atoms with E-state index < -0.39 is 28.5 Å². The second-order valence-electron chi connectivity index (χ2n) is 9.68. The Morgan fingerprint density at radius 1 is 0.897 bits per heavy atom. The van der Waals surface area contributed by atoms with E-state index in [0.29, 0.717) is 33.4 Å². The Labute approximate surface area is 240 Å². The number of hydrogen-bond acceptors (Lipinski definition) is 4. The molecule has 208 valence electrons. The Morgan fingerprint density at radius 3 is 2.13 bits per heavy atom. The lowest BCUT2D eigenvalue weighted by Crippen LogP contribution is -2.51. The predicted octanol–water partition coefficient (Wildman–Crippen LogP) is 5.69. The topological polar surface area (TPSA) is 86.8 Å². The largest absolute Gasteiger partial charge is 0.354 e. The average Bonchev–Trinajstić information content (AvgIpc) is 2.90. The lowest BCUT2D eigenvalue weighted by Gasteiger charge is -2.32. The maximum Gasteiger partial charge on any atom is 0.264 e. The van der Waals surface area contributed by atoms with Crippen LogP contribution in [0.1, 0.15) is 31.9 Å². The summed E-state index contributed by atoms with van der Waals surface area (Å²) in [5.41, 5.74) is 1.66. The maximum atomic E-state index is 13.9. The molecular weight excluding hydrogens is 557 g/mol. The first kappa shape index (κ1) is 30.5. The molecule has 0 heterocycles. The normalized spacial score (nSPS) is 12.2. The van der Waals surface area contributed by atoms with E-state index in [1.807, 2.05) is 13.8 Å². The highest BCUT2D eigenvalue weighted by Gasteiger charge is 2.33. The van der Waals surface area contributed by atoms with Crippen molar-refractivity contribution in [3.8, 4) is 0 Å². The first-order valence-electron chi connectivity index (χ1n) is 12.6. The second kappa shape index (κ2) is 13.3. The number of rotatable bonds is 11. The van der Waals surface area contributed by atoms with Gasteiger partial charge in [0, 0.05) is 23.1 Å². The number of nitrogens with zero attached hydrogens (tertiary/aromatic N) is 2. The second-order valence-corrected chi connectivity index (χ2v) is 12.4. The maximum absolute atomic E-state index is 13.9. The number of halogens is 2. The molecule has 1 N–H and O–H groups in total. The third-order valence-corrected chi connectivity index (χ3v) is 8.61. The minimum atomic E-state index is -4.17. The average molecular weight is 591 g/mol. The summed E-state index contributed by atoms with van der Waals surface area (Å²) >= 11 is 12.4. The van der Waals surface area contributed by atoms with Crippen LogP contribution in [0.4, 0.5) is 5.69 Å². The van der Waals surface area contributed by atoms with Crippen molar-refractivity contribution in [3.05, 3.63) is 94.0 Å². The van der Waals surface area contributed by atoms with Gasteiger partial charge in [-0.25, -0.2) is 8.42 Å². The fourth-order valence-corrected chi connectivity index (χ4v) is 5.74. The zero-order chi connectivity index (χ0) is 28.7. The Kier molecular flexibility index (Phi) is 10.4. The van der Waals surface area contributed by atoms with Crippen molar-refractivity contribution in [2.75, 3.05) is 17.4 Å². The van der Waals surface area contributed by atoms with Crippen molar-refractivity contribution in [2.45, 2.75) is 45.2 Å². The Morgan fingerprint density at radius 2 is 1.51 bits per heavy atom. The van der Waals surface area contributed by atoms with Gasteiger partial charge in [0.15, 0.2) is 0 Å². The number of aryl methyl sites for hydroxylation is 1. The van der Waals surface area contributed by atoms with Crippen LogP contribution in [0.2, 0.25) is 10.0 Å². The molecule has 0 bridgehead atoms. The van der Waals surface area contributed by atoms with Crippen LogP contribution in [0.25, 0.3) is 0 Å². The fourth-order valence-electron chi connectivity index (χ4n) is 3.94. The summed E-state index contributed by atoms with van der Waals surface area (Å²) in [6.07, 6.45) is 0. The minimum Gasteiger partial charge on any atom is -0.354 e. The van der Waals surface area contributed by atoms with Crippen molar-refractivity contribution in [2.24, 2.45) is 5.92 Å². The van der Waals surface area contributed by atoms with Crippen LogP contribution >= 0.6 is 23.2 Å². The molecule has 0 aliphatic carbocycles. The third kappa shape index (κ3) is 7.75. The number of hydrogen-bond donors (Lipinski definition) is 1. The highest BCUT2D eigenvalue weighted by molar-refractivity contribution is 7.92. The molecule has 2 amide bonds. The van der Waals surface area contributed by atoms with E-state index in [1.54, 1.807) is 62.4 Å². The Balaban J connectivity index is 2.03. The number of carbonyl (C=O) groups is 2. The van der Waals surface area contributed by atoms with E-state index >= 15 is 0 Å². The van der Waals surface area contributed by atoms with Gasteiger partial charge in [-0.2, -0.15) is 0 Å². The minimum absolute atomic E-state index is 0.0108. The number of para-hydroxylation sites is 1. The quantitative estimate of drug-likeness (QED) is 0.311. The van der Waals surface area contributed by atoms with Gasteiger partial charge in [-0.3, -0.25) is 13.9 Å². The van der Waals surface area contributed by atoms with E-state index in [2.05, 4.69) is 5.32 Å². The zero-order valence-corrected chi connectivity index (χ0v) is 24.7. The van der Waals surface area contributed by atoms with Crippen molar-refractivity contribution < 1.29 is 18.0 Å². The molecule has 0 saturated heterocycles. The van der Waals surface area contributed by atoms with Crippen molar-refractivity contribution in [1.82, 2.24) is 10.2 Å². The van der Waals surface area contributed by atoms with Gasteiger partial charge in [0.1, 0.15) is 12.6 Å². The van der Waals surface area contributed by atoms with E-state index in [4.69, 9.17) is 23.2 Å². The van der Waals surface area contributed by atoms with Crippen molar-refractivity contribution in [3.63, 3.8) is 0 Å². The molecule has 0 radical (unpaired) electrons. The number of amides is 2. The molecule has 0 fully saturated rings. The molecule has 0 spiro atoms. The van der Waals surface area contributed by atoms with E-state index in [0.717, 1.165) is 4.31 Å². The number of carbonyl (C=O) groups excluding carboxylic acids is 2. The monoisotopic (exact) mass is 589 g/mol. The lowest BCUT2D eigenvalue weighted by molar-refractivity contribution is -0.139. The number of sulfonamides is 1. The number of nitrogens with one attached hydrogen (secondary N) is 1. The van der Waals surface area contributed by atoms with Crippen LogP contribution in [-0.2, 0) is 26.2 Å². The first-order valence-corrected chi connectivity index (χ1v) is 14.8. The van der Waals surface area contributed by atoms with Crippen LogP contribution in [0.15, 0.2) is 77.7 Å². The summed E-state index contributed by atoms with van der Waals surface area (Å²) in [6.45, 7) is 7.28. The Bertz CT molecular complexity index is 1410. The van der Waals surface area contributed by atoms with Gasteiger partial charge >= 0.3 is 0 Å². The summed E-state index contributed by atoms with van der Waals surface area (Å²) in [4.78, 5) is 28.3. The lowest BCUT2D eigenvalue weighted by atomic mass is 10.1. The SMILES string of the molecule is Cc1ccccc1N(CC(=O)N(Cc1ccccc1Cl)[C@H](C)C(=O)NCC(C)C)S(=O)(=O)c1ccc(Cl)cc1. The molecule has 3 rings (SSSR count). The summed E-state index contributed by atoms with van der Waals surface area (Å²) in [5, 5.41) is 3.69. The third-order valence-electron chi connectivity index (χ3n) is 6.22. The number of anilines is 1. The molecule has 7 nitrogen and oxygen atoms in total. The van der Waals surface area contributed by atoms with Crippen LogP contribution in [-0.4, -0.2) is 44.3 Å². The van der Waals surface area contributed by atoms with Crippen molar-refractivity contribution >= 4 is 50.7 Å². The molecule has 10 heteroatoms. The highest BCUT2D eigenvalue weighted by Crippen LogP contribution is 2.28. The van der Waals surface area contributed by atoms with Crippen molar-refractivity contribution in [1.29, 1.82) is 0 Å². The summed E-state index contributed by atoms with van der Waals surface area (Å²) in [5.74, 6) is -0.676. The molecule has 0 aliphatic heterocycles. The van der Waals surface area contributed by atoms with Gasteiger partial charge in [0.2, 0.25) is 11.8 Å². The zero-order valence-electron chi connectivity index (χ0n) is 22.4. The van der Waals surface area contributed by atoms with Crippen LogP contribution < -0.4 is 9.62 Å². The first-order chi connectivity index (χ1) is 18.4. The number of benzene rings is 3. The molecular formula is C29H33Cl2N3O4S. The summed E-state index contributed by atoms with van der Waals surface area (Å²) in [6, 6.07) is 18.8. The molecule has 1 atom stereocenters. The van der Waals surface area contributed by atoms with Crippen LogP contribution in [0, 0.1) is 12.8 Å². The van der Waals surface area contributed by atoms with E-state index in [1.165, 1.54) is 29.2 Å². The van der Waals surface area contributed by atoms with Gasteiger partial charge < -0.3 is 10.2 Å². The molecule has 3 aromatic rings. The van der Waals surface area contributed by atoms with E-state index in [9.17, 15) is 18.0 Å². The smallest absolute Gasteiger partial charge is 0.264 e. The van der Waals surface area contributed by atoms with Gasteiger partial charge in [0.25, 0.3) is 10.0 Å². The van der Waals surface area contributed by atoms with Crippen LogP contribution in [0.3, 0.4) is 0 Å². The molecule has 0 aromatic heterocycles. The van der Waals surface area contributed by atoms with Gasteiger partial charge in [0.05, 0.1) is 10.6 Å². The van der Waals surface area contributed by atoms with Gasteiger partial charge in [-0.15, -0.1) is 0 Å². The summed E-state index contributed by atoms with van der Waals surface area (Å²) in [7, 11) is -4.17. The van der Waals surface area contributed by atoms with E-state index in [-0.39, 0.29) is 23.3 Å².